The van der Waals surface area contributed by atoms with Crippen LogP contribution in [0.25, 0.3) is 5.57 Å². The second-order valence-corrected chi connectivity index (χ2v) is 7.18. The molecule has 6 heteroatoms. The van der Waals surface area contributed by atoms with Gasteiger partial charge in [0, 0.05) is 17.5 Å². The number of ketones is 1. The van der Waals surface area contributed by atoms with Crippen LogP contribution in [0, 0.1) is 17.3 Å². The van der Waals surface area contributed by atoms with Gasteiger partial charge >= 0.3 is 5.97 Å². The predicted molar refractivity (Wildman–Crippen MR) is 102 cm³/mol. The predicted octanol–water partition coefficient (Wildman–Crippen LogP) is 3.52. The average Bonchev–Trinajstić information content (AvgIpc) is 2.87. The number of methoxy groups -OCH3 is 4. The van der Waals surface area contributed by atoms with E-state index >= 15 is 0 Å². The van der Waals surface area contributed by atoms with Crippen molar-refractivity contribution in [3.05, 3.63) is 23.3 Å². The zero-order chi connectivity index (χ0) is 20.5. The summed E-state index contributed by atoms with van der Waals surface area (Å²) in [5.41, 5.74) is 0.475. The molecule has 1 aliphatic carbocycles. The van der Waals surface area contributed by atoms with Crippen LogP contribution in [0.2, 0.25) is 0 Å². The summed E-state index contributed by atoms with van der Waals surface area (Å²) in [6.07, 6.45) is 0. The maximum Gasteiger partial charge on any atom is 0.341 e. The van der Waals surface area contributed by atoms with Gasteiger partial charge in [-0.25, -0.2) is 4.79 Å². The van der Waals surface area contributed by atoms with Crippen LogP contribution >= 0.6 is 0 Å². The quantitative estimate of drug-likeness (QED) is 0.559. The first-order valence-corrected chi connectivity index (χ1v) is 8.86. The lowest BCUT2D eigenvalue weighted by atomic mass is 9.68. The SMILES string of the molecule is COC(=O)C1=C(c2c(OC)cc(OC)cc2OC)[C@H](C)[C@@](C)(C(C)C)C1=O. The number of esters is 1. The van der Waals surface area contributed by atoms with Crippen LogP contribution in [-0.2, 0) is 14.3 Å². The van der Waals surface area contributed by atoms with Crippen LogP contribution in [0.4, 0.5) is 0 Å². The number of ether oxygens (including phenoxy) is 4. The van der Waals surface area contributed by atoms with Gasteiger partial charge in [0.2, 0.25) is 0 Å². The summed E-state index contributed by atoms with van der Waals surface area (Å²) in [5, 5.41) is 0. The van der Waals surface area contributed by atoms with E-state index in [0.29, 0.717) is 28.4 Å². The zero-order valence-electron chi connectivity index (χ0n) is 17.3. The van der Waals surface area contributed by atoms with E-state index in [1.165, 1.54) is 21.3 Å². The van der Waals surface area contributed by atoms with Crippen molar-refractivity contribution in [2.24, 2.45) is 17.3 Å². The lowest BCUT2D eigenvalue weighted by Crippen LogP contribution is -2.36. The number of Topliss-reactive ketones (excluding diaryl/α,β-unsaturated/α-hetero) is 1. The summed E-state index contributed by atoms with van der Waals surface area (Å²) < 4.78 is 21.4. The van der Waals surface area contributed by atoms with E-state index in [1.54, 1.807) is 19.2 Å². The minimum Gasteiger partial charge on any atom is -0.496 e. The highest BCUT2D eigenvalue weighted by Gasteiger charge is 2.54. The van der Waals surface area contributed by atoms with Crippen molar-refractivity contribution in [1.82, 2.24) is 0 Å². The topological polar surface area (TPSA) is 71.1 Å². The molecule has 1 aliphatic rings. The lowest BCUT2D eigenvalue weighted by Gasteiger charge is -2.33. The Kier molecular flexibility index (Phi) is 5.88. The van der Waals surface area contributed by atoms with E-state index in [0.717, 1.165) is 0 Å². The molecule has 1 aromatic carbocycles. The van der Waals surface area contributed by atoms with E-state index in [4.69, 9.17) is 18.9 Å². The van der Waals surface area contributed by atoms with Crippen LogP contribution in [0.3, 0.4) is 0 Å². The first kappa shape index (κ1) is 20.8. The Bertz CT molecular complexity index is 767. The first-order chi connectivity index (χ1) is 12.7. The van der Waals surface area contributed by atoms with Gasteiger partial charge < -0.3 is 18.9 Å². The molecule has 0 radical (unpaired) electrons. The summed E-state index contributed by atoms with van der Waals surface area (Å²) in [6, 6.07) is 3.42. The van der Waals surface area contributed by atoms with Crippen LogP contribution in [-0.4, -0.2) is 40.2 Å². The normalized spacial score (nSPS) is 22.3. The van der Waals surface area contributed by atoms with Crippen molar-refractivity contribution in [3.8, 4) is 17.2 Å². The van der Waals surface area contributed by atoms with E-state index < -0.39 is 11.4 Å². The Morgan fingerprint density at radius 3 is 1.93 bits per heavy atom. The molecule has 1 aromatic rings. The van der Waals surface area contributed by atoms with E-state index in [2.05, 4.69) is 0 Å². The van der Waals surface area contributed by atoms with Crippen molar-refractivity contribution in [2.45, 2.75) is 27.7 Å². The number of allylic oxidation sites excluding steroid dienone is 1. The highest BCUT2D eigenvalue weighted by Crippen LogP contribution is 2.55. The summed E-state index contributed by atoms with van der Waals surface area (Å²) >= 11 is 0. The minimum atomic E-state index is -0.741. The van der Waals surface area contributed by atoms with E-state index in [-0.39, 0.29) is 23.2 Å². The number of carbonyl (C=O) groups excluding carboxylic acids is 2. The molecular formula is C21H28O6. The number of hydrogen-bond acceptors (Lipinski definition) is 6. The van der Waals surface area contributed by atoms with Crippen molar-refractivity contribution >= 4 is 17.3 Å². The molecule has 0 amide bonds. The molecule has 0 saturated heterocycles. The molecule has 0 aromatic heterocycles. The molecule has 6 nitrogen and oxygen atoms in total. The van der Waals surface area contributed by atoms with Crippen LogP contribution in [0.15, 0.2) is 17.7 Å². The Balaban J connectivity index is 2.90. The summed E-state index contributed by atoms with van der Waals surface area (Å²) in [7, 11) is 5.88. The van der Waals surface area contributed by atoms with Gasteiger partial charge in [-0.15, -0.1) is 0 Å². The van der Waals surface area contributed by atoms with Gasteiger partial charge in [0.1, 0.15) is 22.8 Å². The van der Waals surface area contributed by atoms with E-state index in [1.807, 2.05) is 27.7 Å². The smallest absolute Gasteiger partial charge is 0.341 e. The molecule has 0 heterocycles. The van der Waals surface area contributed by atoms with Gasteiger partial charge in [0.15, 0.2) is 5.78 Å². The molecule has 0 unspecified atom stereocenters. The molecule has 0 spiro atoms. The number of benzene rings is 1. The van der Waals surface area contributed by atoms with Crippen molar-refractivity contribution in [3.63, 3.8) is 0 Å². The van der Waals surface area contributed by atoms with Gasteiger partial charge in [0.05, 0.1) is 34.0 Å². The average molecular weight is 376 g/mol. The molecule has 2 atom stereocenters. The van der Waals surface area contributed by atoms with Crippen molar-refractivity contribution in [2.75, 3.05) is 28.4 Å². The molecular weight excluding hydrogens is 348 g/mol. The maximum atomic E-state index is 13.3. The highest BCUT2D eigenvalue weighted by molar-refractivity contribution is 6.28. The molecule has 2 rings (SSSR count). The Morgan fingerprint density at radius 1 is 1.04 bits per heavy atom. The van der Waals surface area contributed by atoms with Crippen molar-refractivity contribution < 1.29 is 28.5 Å². The standard InChI is InChI=1S/C21H28O6/c1-11(2)21(4)12(3)16(18(19(21)22)20(23)27-8)17-14(25-6)9-13(24-5)10-15(17)26-7/h9-12H,1-8H3/t12-,21+/m0/s1. The molecule has 148 valence electrons. The molecule has 0 bridgehead atoms. The molecule has 27 heavy (non-hydrogen) atoms. The third kappa shape index (κ3) is 3.07. The van der Waals surface area contributed by atoms with Crippen molar-refractivity contribution in [1.29, 1.82) is 0 Å². The summed E-state index contributed by atoms with van der Waals surface area (Å²) in [5.74, 6) is 0.405. The Labute approximate surface area is 160 Å². The highest BCUT2D eigenvalue weighted by atomic mass is 16.5. The zero-order valence-corrected chi connectivity index (χ0v) is 17.3. The lowest BCUT2D eigenvalue weighted by molar-refractivity contribution is -0.139. The molecule has 0 saturated carbocycles. The molecule has 0 fully saturated rings. The monoisotopic (exact) mass is 376 g/mol. The minimum absolute atomic E-state index is 0.0207. The fraction of sp³-hybridized carbons (Fsp3) is 0.524. The van der Waals surface area contributed by atoms with Crippen LogP contribution in [0.5, 0.6) is 17.2 Å². The van der Waals surface area contributed by atoms with E-state index in [9.17, 15) is 9.59 Å². The summed E-state index contributed by atoms with van der Waals surface area (Å²) in [4.78, 5) is 25.9. The van der Waals surface area contributed by atoms with Gasteiger partial charge in [-0.2, -0.15) is 0 Å². The number of hydrogen-bond donors (Lipinski definition) is 0. The Morgan fingerprint density at radius 2 is 1.56 bits per heavy atom. The first-order valence-electron chi connectivity index (χ1n) is 8.86. The van der Waals surface area contributed by atoms with Crippen LogP contribution in [0.1, 0.15) is 33.3 Å². The fourth-order valence-electron chi connectivity index (χ4n) is 3.78. The molecule has 0 aliphatic heterocycles. The van der Waals surface area contributed by atoms with Gasteiger partial charge in [-0.3, -0.25) is 4.79 Å². The third-order valence-corrected chi connectivity index (χ3v) is 5.89. The fourth-order valence-corrected chi connectivity index (χ4v) is 3.78. The number of carbonyl (C=O) groups is 2. The molecule has 0 N–H and O–H groups in total. The van der Waals surface area contributed by atoms with Gasteiger partial charge in [-0.05, 0) is 17.4 Å². The van der Waals surface area contributed by atoms with Crippen LogP contribution < -0.4 is 14.2 Å². The van der Waals surface area contributed by atoms with Gasteiger partial charge in [-0.1, -0.05) is 27.7 Å². The van der Waals surface area contributed by atoms with Gasteiger partial charge in [0.25, 0.3) is 0 Å². The number of rotatable bonds is 6. The third-order valence-electron chi connectivity index (χ3n) is 5.89. The summed E-state index contributed by atoms with van der Waals surface area (Å²) in [6.45, 7) is 7.80. The second-order valence-electron chi connectivity index (χ2n) is 7.18. The largest absolute Gasteiger partial charge is 0.496 e. The Hall–Kier alpha value is -2.50. The second kappa shape index (κ2) is 7.62. The maximum absolute atomic E-state index is 13.3.